The van der Waals surface area contributed by atoms with Crippen LogP contribution in [0.5, 0.6) is 0 Å². The highest BCUT2D eigenvalue weighted by Gasteiger charge is 2.48. The quantitative estimate of drug-likeness (QED) is 0.820. The van der Waals surface area contributed by atoms with Crippen molar-refractivity contribution in [1.82, 2.24) is 10.2 Å². The lowest BCUT2D eigenvalue weighted by Crippen LogP contribution is -2.65. The number of hydrogen-bond acceptors (Lipinski definition) is 3. The lowest BCUT2D eigenvalue weighted by Gasteiger charge is -2.50. The first-order chi connectivity index (χ1) is 10.0. The molecular formula is C17H27BrN2S. The summed E-state index contributed by atoms with van der Waals surface area (Å²) in [6, 6.07) is 2.82. The minimum Gasteiger partial charge on any atom is -0.311 e. The standard InChI is InChI=1S/C17H27BrN2S/c1-4-12(2)15-9-20(10-16-14(18)7-8-21-16)17(3,11-19-15)13-5-6-13/h7-8,12-13,15,19H,4-6,9-11H2,1-3H3. The van der Waals surface area contributed by atoms with Crippen molar-refractivity contribution >= 4 is 27.3 Å². The van der Waals surface area contributed by atoms with Crippen molar-refractivity contribution in [1.29, 1.82) is 0 Å². The van der Waals surface area contributed by atoms with E-state index in [4.69, 9.17) is 0 Å². The van der Waals surface area contributed by atoms with E-state index in [0.29, 0.717) is 11.6 Å². The summed E-state index contributed by atoms with van der Waals surface area (Å²) in [5.41, 5.74) is 0.341. The number of piperazine rings is 1. The van der Waals surface area contributed by atoms with Crippen molar-refractivity contribution in [2.75, 3.05) is 13.1 Å². The molecule has 0 amide bonds. The molecule has 21 heavy (non-hydrogen) atoms. The van der Waals surface area contributed by atoms with Crippen LogP contribution in [-0.2, 0) is 6.54 Å². The van der Waals surface area contributed by atoms with Gasteiger partial charge in [0.2, 0.25) is 0 Å². The van der Waals surface area contributed by atoms with Gasteiger partial charge in [0.25, 0.3) is 0 Å². The first kappa shape index (κ1) is 16.0. The van der Waals surface area contributed by atoms with Gasteiger partial charge in [-0.2, -0.15) is 0 Å². The monoisotopic (exact) mass is 370 g/mol. The van der Waals surface area contributed by atoms with E-state index in [2.05, 4.69) is 58.4 Å². The third kappa shape index (κ3) is 3.24. The Morgan fingerprint density at radius 3 is 2.86 bits per heavy atom. The van der Waals surface area contributed by atoms with E-state index < -0.39 is 0 Å². The predicted octanol–water partition coefficient (Wildman–Crippen LogP) is 4.50. The van der Waals surface area contributed by atoms with E-state index in [-0.39, 0.29) is 0 Å². The van der Waals surface area contributed by atoms with Crippen molar-refractivity contribution in [2.24, 2.45) is 11.8 Å². The first-order valence-corrected chi connectivity index (χ1v) is 9.92. The molecule has 0 bridgehead atoms. The molecule has 3 unspecified atom stereocenters. The Labute approximate surface area is 141 Å². The van der Waals surface area contributed by atoms with Crippen molar-refractivity contribution in [3.63, 3.8) is 0 Å². The van der Waals surface area contributed by atoms with Gasteiger partial charge in [-0.25, -0.2) is 0 Å². The lowest BCUT2D eigenvalue weighted by atomic mass is 9.86. The topological polar surface area (TPSA) is 15.3 Å². The van der Waals surface area contributed by atoms with Crippen molar-refractivity contribution in [2.45, 2.75) is 58.2 Å². The molecule has 118 valence electrons. The Kier molecular flexibility index (Phi) is 4.80. The summed E-state index contributed by atoms with van der Waals surface area (Å²) in [5, 5.41) is 6.05. The molecule has 2 nitrogen and oxygen atoms in total. The molecule has 1 aromatic rings. The Morgan fingerprint density at radius 2 is 2.29 bits per heavy atom. The normalized spacial score (nSPS) is 32.3. The highest BCUT2D eigenvalue weighted by atomic mass is 79.9. The zero-order valence-electron chi connectivity index (χ0n) is 13.4. The maximum atomic E-state index is 3.86. The van der Waals surface area contributed by atoms with Crippen LogP contribution in [-0.4, -0.2) is 29.6 Å². The minimum atomic E-state index is 0.341. The summed E-state index contributed by atoms with van der Waals surface area (Å²) in [6.45, 7) is 10.6. The third-order valence-electron chi connectivity index (χ3n) is 5.67. The maximum absolute atomic E-state index is 3.86. The fourth-order valence-electron chi connectivity index (χ4n) is 3.59. The number of thiophene rings is 1. The second kappa shape index (κ2) is 6.31. The van der Waals surface area contributed by atoms with Gasteiger partial charge in [-0.05, 0) is 59.0 Å². The van der Waals surface area contributed by atoms with Crippen LogP contribution in [0.1, 0.15) is 44.9 Å². The van der Waals surface area contributed by atoms with E-state index in [1.165, 1.54) is 35.2 Å². The molecule has 3 rings (SSSR count). The third-order valence-corrected chi connectivity index (χ3v) is 7.59. The summed E-state index contributed by atoms with van der Waals surface area (Å²) < 4.78 is 1.28. The highest BCUT2D eigenvalue weighted by Crippen LogP contribution is 2.45. The molecule has 2 aliphatic rings. The van der Waals surface area contributed by atoms with Gasteiger partial charge in [0.05, 0.1) is 0 Å². The molecule has 0 aromatic carbocycles. The molecule has 2 fully saturated rings. The number of halogens is 1. The van der Waals surface area contributed by atoms with Crippen molar-refractivity contribution < 1.29 is 0 Å². The summed E-state index contributed by atoms with van der Waals surface area (Å²) >= 11 is 5.59. The number of hydrogen-bond donors (Lipinski definition) is 1. The van der Waals surface area contributed by atoms with Gasteiger partial charge < -0.3 is 5.32 Å². The zero-order chi connectivity index (χ0) is 15.0. The number of rotatable bonds is 5. The Balaban J connectivity index is 1.78. The van der Waals surface area contributed by atoms with Gasteiger partial charge in [-0.3, -0.25) is 4.90 Å². The molecule has 1 saturated heterocycles. The fraction of sp³-hybridized carbons (Fsp3) is 0.765. The van der Waals surface area contributed by atoms with Crippen LogP contribution in [0.4, 0.5) is 0 Å². The zero-order valence-corrected chi connectivity index (χ0v) is 15.8. The van der Waals surface area contributed by atoms with Crippen LogP contribution < -0.4 is 5.32 Å². The van der Waals surface area contributed by atoms with Crippen molar-refractivity contribution in [3.8, 4) is 0 Å². The van der Waals surface area contributed by atoms with E-state index in [0.717, 1.165) is 24.9 Å². The Morgan fingerprint density at radius 1 is 1.52 bits per heavy atom. The van der Waals surface area contributed by atoms with Gasteiger partial charge in [-0.1, -0.05) is 20.3 Å². The molecule has 4 heteroatoms. The van der Waals surface area contributed by atoms with Crippen LogP contribution in [0.25, 0.3) is 0 Å². The molecule has 2 heterocycles. The molecule has 0 radical (unpaired) electrons. The summed E-state index contributed by atoms with van der Waals surface area (Å²) in [5.74, 6) is 1.64. The molecule has 1 aromatic heterocycles. The van der Waals surface area contributed by atoms with Gasteiger partial charge in [0, 0.05) is 40.6 Å². The summed E-state index contributed by atoms with van der Waals surface area (Å²) in [4.78, 5) is 4.25. The van der Waals surface area contributed by atoms with Crippen LogP contribution in [0.15, 0.2) is 15.9 Å². The second-order valence-electron chi connectivity index (χ2n) is 7.08. The first-order valence-electron chi connectivity index (χ1n) is 8.25. The molecule has 3 atom stereocenters. The SMILES string of the molecule is CCC(C)C1CN(Cc2sccc2Br)C(C)(C2CC2)CN1. The largest absolute Gasteiger partial charge is 0.311 e. The average molecular weight is 371 g/mol. The molecule has 0 spiro atoms. The summed E-state index contributed by atoms with van der Waals surface area (Å²) in [6.07, 6.45) is 4.08. The smallest absolute Gasteiger partial charge is 0.0346 e. The number of nitrogens with zero attached hydrogens (tertiary/aromatic N) is 1. The van der Waals surface area contributed by atoms with Crippen LogP contribution in [0, 0.1) is 11.8 Å². The second-order valence-corrected chi connectivity index (χ2v) is 8.93. The number of nitrogens with one attached hydrogen (secondary N) is 1. The average Bonchev–Trinajstić information content (AvgIpc) is 3.26. The lowest BCUT2D eigenvalue weighted by molar-refractivity contribution is 0.0173. The van der Waals surface area contributed by atoms with Crippen LogP contribution >= 0.6 is 27.3 Å². The van der Waals surface area contributed by atoms with Gasteiger partial charge in [0.15, 0.2) is 0 Å². The van der Waals surface area contributed by atoms with Gasteiger partial charge in [-0.15, -0.1) is 11.3 Å². The van der Waals surface area contributed by atoms with Crippen molar-refractivity contribution in [3.05, 3.63) is 20.8 Å². The van der Waals surface area contributed by atoms with Crippen LogP contribution in [0.3, 0.4) is 0 Å². The van der Waals surface area contributed by atoms with E-state index in [1.54, 1.807) is 0 Å². The molecule has 1 aliphatic heterocycles. The molecule has 1 saturated carbocycles. The maximum Gasteiger partial charge on any atom is 0.0346 e. The Hall–Kier alpha value is 0.1000. The van der Waals surface area contributed by atoms with E-state index in [9.17, 15) is 0 Å². The van der Waals surface area contributed by atoms with Gasteiger partial charge >= 0.3 is 0 Å². The predicted molar refractivity (Wildman–Crippen MR) is 94.8 cm³/mol. The molecule has 1 N–H and O–H groups in total. The van der Waals surface area contributed by atoms with Gasteiger partial charge in [0.1, 0.15) is 0 Å². The van der Waals surface area contributed by atoms with Crippen LogP contribution in [0.2, 0.25) is 0 Å². The van der Waals surface area contributed by atoms with E-state index >= 15 is 0 Å². The fourth-order valence-corrected chi connectivity index (χ4v) is 5.08. The highest BCUT2D eigenvalue weighted by molar-refractivity contribution is 9.10. The summed E-state index contributed by atoms with van der Waals surface area (Å²) in [7, 11) is 0. The van der Waals surface area contributed by atoms with E-state index in [1.807, 2.05) is 11.3 Å². The molecule has 1 aliphatic carbocycles. The molecular weight excluding hydrogens is 344 g/mol. The minimum absolute atomic E-state index is 0.341. The Bertz CT molecular complexity index is 485.